The summed E-state index contributed by atoms with van der Waals surface area (Å²) in [6.07, 6.45) is 3.26. The lowest BCUT2D eigenvalue weighted by molar-refractivity contribution is 0.0947. The van der Waals surface area contributed by atoms with Crippen LogP contribution in [0.1, 0.15) is 32.0 Å². The fraction of sp³-hybridized carbons (Fsp3) is 0.0968. The molecular weight excluding hydrogens is 524 g/mol. The van der Waals surface area contributed by atoms with Gasteiger partial charge in [0.25, 0.3) is 11.5 Å². The Balaban J connectivity index is 1.32. The summed E-state index contributed by atoms with van der Waals surface area (Å²) in [5, 5.41) is 4.47. The number of nitrogens with zero attached hydrogens (tertiary/aromatic N) is 2. The molecule has 9 heteroatoms. The van der Waals surface area contributed by atoms with E-state index in [2.05, 4.69) is 10.3 Å². The average Bonchev–Trinajstić information content (AvgIpc) is 3.67. The second-order valence-electron chi connectivity index (χ2n) is 9.23. The molecule has 0 aliphatic carbocycles. The predicted octanol–water partition coefficient (Wildman–Crippen LogP) is 5.42. The number of ketones is 1. The molecule has 8 nitrogen and oxygen atoms in total. The number of aromatic amines is 1. The van der Waals surface area contributed by atoms with Crippen molar-refractivity contribution in [2.45, 2.75) is 18.2 Å². The van der Waals surface area contributed by atoms with E-state index in [0.29, 0.717) is 39.5 Å². The van der Waals surface area contributed by atoms with E-state index < -0.39 is 0 Å². The van der Waals surface area contributed by atoms with Gasteiger partial charge in [0.05, 0.1) is 36.0 Å². The highest BCUT2D eigenvalue weighted by atomic mass is 32.2. The SMILES string of the molecule is O=C(NCc1ccco1)c1ccc2c(=O)n(Cc3ccccc3)c(SCC(=O)c3c[nH]c4ccccc34)nc2c1. The number of H-pyrrole nitrogens is 1. The van der Waals surface area contributed by atoms with Gasteiger partial charge in [-0.3, -0.25) is 19.0 Å². The second-order valence-corrected chi connectivity index (χ2v) is 10.2. The number of carbonyl (C=O) groups excluding carboxylic acids is 2. The van der Waals surface area contributed by atoms with Crippen molar-refractivity contribution in [2.24, 2.45) is 0 Å². The molecule has 40 heavy (non-hydrogen) atoms. The van der Waals surface area contributed by atoms with Gasteiger partial charge in [-0.25, -0.2) is 4.98 Å². The summed E-state index contributed by atoms with van der Waals surface area (Å²) in [4.78, 5) is 47.6. The fourth-order valence-electron chi connectivity index (χ4n) is 4.55. The molecule has 0 radical (unpaired) electrons. The third-order valence-corrected chi connectivity index (χ3v) is 7.57. The highest BCUT2D eigenvalue weighted by Gasteiger charge is 2.18. The van der Waals surface area contributed by atoms with E-state index in [4.69, 9.17) is 9.40 Å². The Morgan fingerprint density at radius 1 is 0.950 bits per heavy atom. The monoisotopic (exact) mass is 548 g/mol. The van der Waals surface area contributed by atoms with Gasteiger partial charge >= 0.3 is 0 Å². The minimum atomic E-state index is -0.308. The molecule has 3 aromatic carbocycles. The maximum absolute atomic E-state index is 13.7. The molecule has 198 valence electrons. The number of hydrogen-bond donors (Lipinski definition) is 2. The zero-order valence-corrected chi connectivity index (χ0v) is 22.1. The van der Waals surface area contributed by atoms with Crippen molar-refractivity contribution in [3.63, 3.8) is 0 Å². The number of aromatic nitrogens is 3. The lowest BCUT2D eigenvalue weighted by Crippen LogP contribution is -2.25. The number of carbonyl (C=O) groups is 2. The molecule has 6 rings (SSSR count). The van der Waals surface area contributed by atoms with Crippen molar-refractivity contribution >= 4 is 45.3 Å². The number of hydrogen-bond acceptors (Lipinski definition) is 6. The van der Waals surface area contributed by atoms with E-state index >= 15 is 0 Å². The van der Waals surface area contributed by atoms with E-state index in [1.165, 1.54) is 11.8 Å². The van der Waals surface area contributed by atoms with Gasteiger partial charge in [0.1, 0.15) is 5.76 Å². The topological polar surface area (TPSA) is 110 Å². The Morgan fingerprint density at radius 2 is 1.77 bits per heavy atom. The number of benzene rings is 3. The maximum Gasteiger partial charge on any atom is 0.262 e. The fourth-order valence-corrected chi connectivity index (χ4v) is 5.43. The average molecular weight is 549 g/mol. The van der Waals surface area contributed by atoms with Crippen LogP contribution in [0.3, 0.4) is 0 Å². The lowest BCUT2D eigenvalue weighted by atomic mass is 10.1. The van der Waals surface area contributed by atoms with Crippen LogP contribution in [0.25, 0.3) is 21.8 Å². The highest BCUT2D eigenvalue weighted by molar-refractivity contribution is 7.99. The minimum Gasteiger partial charge on any atom is -0.467 e. The van der Waals surface area contributed by atoms with Crippen molar-refractivity contribution in [1.82, 2.24) is 19.9 Å². The van der Waals surface area contributed by atoms with Gasteiger partial charge in [-0.1, -0.05) is 60.3 Å². The Labute approximate surface area is 233 Å². The van der Waals surface area contributed by atoms with Crippen molar-refractivity contribution in [3.05, 3.63) is 130 Å². The molecule has 6 aromatic rings. The summed E-state index contributed by atoms with van der Waals surface area (Å²) in [7, 11) is 0. The van der Waals surface area contributed by atoms with E-state index in [-0.39, 0.29) is 29.5 Å². The first kappa shape index (κ1) is 25.4. The van der Waals surface area contributed by atoms with Gasteiger partial charge in [0, 0.05) is 28.2 Å². The maximum atomic E-state index is 13.7. The zero-order chi connectivity index (χ0) is 27.5. The molecule has 0 atom stereocenters. The number of amides is 1. The minimum absolute atomic E-state index is 0.0749. The Bertz CT molecular complexity index is 1890. The zero-order valence-electron chi connectivity index (χ0n) is 21.3. The Morgan fingerprint density at radius 3 is 2.60 bits per heavy atom. The Hall–Kier alpha value is -4.89. The molecule has 0 aliphatic rings. The first-order chi connectivity index (χ1) is 19.6. The third kappa shape index (κ3) is 5.19. The smallest absolute Gasteiger partial charge is 0.262 e. The van der Waals surface area contributed by atoms with Gasteiger partial charge in [-0.2, -0.15) is 0 Å². The molecule has 0 unspecified atom stereocenters. The molecule has 3 heterocycles. The van der Waals surface area contributed by atoms with Gasteiger partial charge in [0.15, 0.2) is 10.9 Å². The summed E-state index contributed by atoms with van der Waals surface area (Å²) >= 11 is 1.21. The van der Waals surface area contributed by atoms with Gasteiger partial charge in [-0.15, -0.1) is 0 Å². The number of fused-ring (bicyclic) bond motifs is 2. The highest BCUT2D eigenvalue weighted by Crippen LogP contribution is 2.24. The van der Waals surface area contributed by atoms with Crippen LogP contribution >= 0.6 is 11.8 Å². The predicted molar refractivity (Wildman–Crippen MR) is 155 cm³/mol. The van der Waals surface area contributed by atoms with Crippen LogP contribution in [0.2, 0.25) is 0 Å². The van der Waals surface area contributed by atoms with Crippen molar-refractivity contribution in [1.29, 1.82) is 0 Å². The molecule has 0 bridgehead atoms. The van der Waals surface area contributed by atoms with Crippen LogP contribution in [0.5, 0.6) is 0 Å². The van der Waals surface area contributed by atoms with E-state index in [1.54, 1.807) is 47.4 Å². The quantitative estimate of drug-likeness (QED) is 0.142. The molecule has 0 spiro atoms. The summed E-state index contributed by atoms with van der Waals surface area (Å²) in [5.74, 6) is 0.346. The van der Waals surface area contributed by atoms with Crippen molar-refractivity contribution in [3.8, 4) is 0 Å². The van der Waals surface area contributed by atoms with E-state index in [9.17, 15) is 14.4 Å². The molecule has 0 aliphatic heterocycles. The van der Waals surface area contributed by atoms with Crippen LogP contribution in [-0.2, 0) is 13.1 Å². The standard InChI is InChI=1S/C31H24N4O4S/c36-28(25-17-32-26-11-5-4-10-23(25)26)19-40-31-34-27-15-21(29(37)33-16-22-9-6-14-39-22)12-13-24(27)30(38)35(31)18-20-7-2-1-3-8-20/h1-15,17,32H,16,18-19H2,(H,33,37). The number of thioether (sulfide) groups is 1. The summed E-state index contributed by atoms with van der Waals surface area (Å²) in [5.41, 5.74) is 2.94. The molecule has 0 saturated heterocycles. The molecule has 0 fully saturated rings. The van der Waals surface area contributed by atoms with Gasteiger partial charge < -0.3 is 14.7 Å². The van der Waals surface area contributed by atoms with Gasteiger partial charge in [-0.05, 0) is 42.0 Å². The lowest BCUT2D eigenvalue weighted by Gasteiger charge is -2.14. The molecule has 3 aromatic heterocycles. The number of furan rings is 1. The first-order valence-electron chi connectivity index (χ1n) is 12.7. The molecule has 2 N–H and O–H groups in total. The number of Topliss-reactive ketones (excluding diaryl/α,β-unsaturated/α-hetero) is 1. The van der Waals surface area contributed by atoms with Crippen LogP contribution in [0.4, 0.5) is 0 Å². The summed E-state index contributed by atoms with van der Waals surface area (Å²) in [6.45, 7) is 0.546. The molecular formula is C31H24N4O4S. The van der Waals surface area contributed by atoms with E-state index in [0.717, 1.165) is 16.5 Å². The number of rotatable bonds is 9. The largest absolute Gasteiger partial charge is 0.467 e. The molecule has 1 amide bonds. The van der Waals surface area contributed by atoms with Crippen LogP contribution in [0.15, 0.2) is 112 Å². The Kier molecular flexibility index (Phi) is 7.03. The molecule has 0 saturated carbocycles. The summed E-state index contributed by atoms with van der Waals surface area (Å²) < 4.78 is 6.86. The second kappa shape index (κ2) is 11.1. The summed E-state index contributed by atoms with van der Waals surface area (Å²) in [6, 6.07) is 25.6. The first-order valence-corrected chi connectivity index (χ1v) is 13.7. The normalized spacial score (nSPS) is 11.2. The number of para-hydroxylation sites is 1. The van der Waals surface area contributed by atoms with Crippen LogP contribution in [-0.4, -0.2) is 32.0 Å². The van der Waals surface area contributed by atoms with Gasteiger partial charge in [0.2, 0.25) is 0 Å². The number of nitrogens with one attached hydrogen (secondary N) is 2. The van der Waals surface area contributed by atoms with Crippen LogP contribution in [0, 0.1) is 0 Å². The van der Waals surface area contributed by atoms with E-state index in [1.807, 2.05) is 54.6 Å². The van der Waals surface area contributed by atoms with Crippen molar-refractivity contribution < 1.29 is 14.0 Å². The van der Waals surface area contributed by atoms with Crippen LogP contribution < -0.4 is 10.9 Å². The van der Waals surface area contributed by atoms with Crippen molar-refractivity contribution in [2.75, 3.05) is 5.75 Å². The third-order valence-electron chi connectivity index (χ3n) is 6.59.